The Morgan fingerprint density at radius 1 is 1.22 bits per heavy atom. The summed E-state index contributed by atoms with van der Waals surface area (Å²) in [5, 5.41) is 0. The molecule has 1 aromatic rings. The molecule has 1 fully saturated rings. The predicted octanol–water partition coefficient (Wildman–Crippen LogP) is 3.21. The van der Waals surface area contributed by atoms with Crippen molar-refractivity contribution in [1.82, 2.24) is 0 Å². The lowest BCUT2D eigenvalue weighted by Crippen LogP contribution is -2.29. The summed E-state index contributed by atoms with van der Waals surface area (Å²) in [6.07, 6.45) is 7.54. The summed E-state index contributed by atoms with van der Waals surface area (Å²) in [5.41, 5.74) is 8.98. The fraction of sp³-hybridized carbons (Fsp3) is 0.625. The normalized spacial score (nSPS) is 31.9. The minimum Gasteiger partial charge on any atom is -0.373 e. The van der Waals surface area contributed by atoms with Gasteiger partial charge in [0.05, 0.1) is 12.7 Å². The van der Waals surface area contributed by atoms with E-state index >= 15 is 0 Å². The fourth-order valence-electron chi connectivity index (χ4n) is 3.52. The molecule has 2 nitrogen and oxygen atoms in total. The topological polar surface area (TPSA) is 35.2 Å². The zero-order valence-corrected chi connectivity index (χ0v) is 11.0. The average molecular weight is 245 g/mol. The zero-order valence-electron chi connectivity index (χ0n) is 11.0. The highest BCUT2D eigenvalue weighted by atomic mass is 16.5. The lowest BCUT2D eigenvalue weighted by Gasteiger charge is -2.32. The summed E-state index contributed by atoms with van der Waals surface area (Å²) in [7, 11) is 0. The molecule has 3 atom stereocenters. The van der Waals surface area contributed by atoms with E-state index in [1.807, 2.05) is 0 Å². The quantitative estimate of drug-likeness (QED) is 0.868. The largest absolute Gasteiger partial charge is 0.373 e. The molecule has 3 rings (SSSR count). The van der Waals surface area contributed by atoms with E-state index < -0.39 is 0 Å². The van der Waals surface area contributed by atoms with Crippen LogP contribution in [0.4, 0.5) is 0 Å². The first kappa shape index (κ1) is 12.2. The van der Waals surface area contributed by atoms with Crippen LogP contribution in [0.1, 0.15) is 49.3 Å². The molecule has 18 heavy (non-hydrogen) atoms. The molecule has 0 bridgehead atoms. The zero-order chi connectivity index (χ0) is 12.4. The van der Waals surface area contributed by atoms with Crippen molar-refractivity contribution in [3.8, 4) is 0 Å². The highest BCUT2D eigenvalue weighted by Crippen LogP contribution is 2.36. The first-order valence-electron chi connectivity index (χ1n) is 7.28. The molecule has 1 aliphatic heterocycles. The summed E-state index contributed by atoms with van der Waals surface area (Å²) < 4.78 is 6.00. The molecular weight excluding hydrogens is 222 g/mol. The highest BCUT2D eigenvalue weighted by Gasteiger charge is 2.26. The molecule has 2 aliphatic rings. The molecule has 2 heteroatoms. The van der Waals surface area contributed by atoms with Crippen molar-refractivity contribution >= 4 is 0 Å². The van der Waals surface area contributed by atoms with Crippen LogP contribution in [0.2, 0.25) is 0 Å². The summed E-state index contributed by atoms with van der Waals surface area (Å²) >= 11 is 0. The Hall–Kier alpha value is -0.860. The molecule has 98 valence electrons. The third-order valence-corrected chi connectivity index (χ3v) is 4.46. The molecule has 0 spiro atoms. The van der Waals surface area contributed by atoms with Crippen LogP contribution >= 0.6 is 0 Å². The van der Waals surface area contributed by atoms with Gasteiger partial charge in [-0.15, -0.1) is 0 Å². The van der Waals surface area contributed by atoms with Crippen LogP contribution in [0, 0.1) is 5.92 Å². The molecule has 0 aromatic heterocycles. The van der Waals surface area contributed by atoms with E-state index in [9.17, 15) is 0 Å². The van der Waals surface area contributed by atoms with Crippen LogP contribution in [-0.4, -0.2) is 12.6 Å². The molecule has 0 radical (unpaired) electrons. The summed E-state index contributed by atoms with van der Waals surface area (Å²) in [4.78, 5) is 0. The standard InChI is InChI=1S/C16H23NO/c17-14-6-3-4-12(10-14)11-16-15-7-2-1-5-13(15)8-9-18-16/h1-2,5,7,12,14,16H,3-4,6,8-11,17H2. The maximum Gasteiger partial charge on any atom is 0.0830 e. The van der Waals surface area contributed by atoms with Gasteiger partial charge in [0.2, 0.25) is 0 Å². The van der Waals surface area contributed by atoms with E-state index in [2.05, 4.69) is 24.3 Å². The molecule has 1 aromatic carbocycles. The van der Waals surface area contributed by atoms with E-state index in [1.54, 1.807) is 0 Å². The van der Waals surface area contributed by atoms with Crippen molar-refractivity contribution in [3.05, 3.63) is 35.4 Å². The van der Waals surface area contributed by atoms with E-state index in [4.69, 9.17) is 10.5 Å². The third-order valence-electron chi connectivity index (χ3n) is 4.46. The van der Waals surface area contributed by atoms with Crippen molar-refractivity contribution in [2.24, 2.45) is 11.7 Å². The number of benzene rings is 1. The Kier molecular flexibility index (Phi) is 3.67. The monoisotopic (exact) mass is 245 g/mol. The third kappa shape index (κ3) is 2.60. The van der Waals surface area contributed by atoms with Crippen molar-refractivity contribution in [2.75, 3.05) is 6.61 Å². The Morgan fingerprint density at radius 3 is 3.00 bits per heavy atom. The second kappa shape index (κ2) is 5.41. The second-order valence-electron chi connectivity index (χ2n) is 5.84. The van der Waals surface area contributed by atoms with Gasteiger partial charge in [-0.1, -0.05) is 37.1 Å². The molecule has 1 heterocycles. The summed E-state index contributed by atoms with van der Waals surface area (Å²) in [6, 6.07) is 9.17. The molecule has 1 aliphatic carbocycles. The number of fused-ring (bicyclic) bond motifs is 1. The van der Waals surface area contributed by atoms with Crippen molar-refractivity contribution < 1.29 is 4.74 Å². The van der Waals surface area contributed by atoms with Crippen molar-refractivity contribution in [3.63, 3.8) is 0 Å². The van der Waals surface area contributed by atoms with Crippen LogP contribution in [0.25, 0.3) is 0 Å². The van der Waals surface area contributed by atoms with Crippen molar-refractivity contribution in [2.45, 2.75) is 50.7 Å². The second-order valence-corrected chi connectivity index (χ2v) is 5.84. The number of ether oxygens (including phenoxy) is 1. The minimum atomic E-state index is 0.310. The highest BCUT2D eigenvalue weighted by molar-refractivity contribution is 5.30. The lowest BCUT2D eigenvalue weighted by molar-refractivity contribution is 0.0204. The van der Waals surface area contributed by atoms with Gasteiger partial charge in [-0.05, 0) is 42.7 Å². The Morgan fingerprint density at radius 2 is 2.11 bits per heavy atom. The molecule has 3 unspecified atom stereocenters. The van der Waals surface area contributed by atoms with Crippen LogP contribution in [0.15, 0.2) is 24.3 Å². The van der Waals surface area contributed by atoms with Crippen molar-refractivity contribution in [1.29, 1.82) is 0 Å². The number of nitrogens with two attached hydrogens (primary N) is 1. The Labute approximate surface area is 110 Å². The maximum absolute atomic E-state index is 6.08. The molecule has 0 saturated heterocycles. The minimum absolute atomic E-state index is 0.310. The maximum atomic E-state index is 6.08. The van der Waals surface area contributed by atoms with Crippen LogP contribution in [0.3, 0.4) is 0 Å². The van der Waals surface area contributed by atoms with Gasteiger partial charge in [0.1, 0.15) is 0 Å². The van der Waals surface area contributed by atoms with Gasteiger partial charge >= 0.3 is 0 Å². The van der Waals surface area contributed by atoms with Crippen LogP contribution in [0.5, 0.6) is 0 Å². The average Bonchev–Trinajstić information content (AvgIpc) is 2.39. The number of hydrogen-bond acceptors (Lipinski definition) is 2. The molecule has 1 saturated carbocycles. The Bertz CT molecular complexity index is 404. The van der Waals surface area contributed by atoms with Gasteiger partial charge < -0.3 is 10.5 Å². The van der Waals surface area contributed by atoms with E-state index in [-0.39, 0.29) is 0 Å². The summed E-state index contributed by atoms with van der Waals surface area (Å²) in [5.74, 6) is 0.755. The fourth-order valence-corrected chi connectivity index (χ4v) is 3.52. The molecular formula is C16H23NO. The first-order valence-corrected chi connectivity index (χ1v) is 7.28. The van der Waals surface area contributed by atoms with E-state index in [0.717, 1.165) is 25.4 Å². The number of hydrogen-bond donors (Lipinski definition) is 1. The van der Waals surface area contributed by atoms with Gasteiger partial charge in [-0.2, -0.15) is 0 Å². The first-order chi connectivity index (χ1) is 8.83. The smallest absolute Gasteiger partial charge is 0.0830 e. The summed E-state index contributed by atoms with van der Waals surface area (Å²) in [6.45, 7) is 0.875. The Balaban J connectivity index is 1.70. The van der Waals surface area contributed by atoms with Gasteiger partial charge in [0.15, 0.2) is 0 Å². The van der Waals surface area contributed by atoms with Gasteiger partial charge in [-0.25, -0.2) is 0 Å². The predicted molar refractivity (Wildman–Crippen MR) is 73.4 cm³/mol. The van der Waals surface area contributed by atoms with E-state index in [1.165, 1.54) is 36.8 Å². The van der Waals surface area contributed by atoms with Crippen LogP contribution in [-0.2, 0) is 11.2 Å². The molecule has 0 amide bonds. The van der Waals surface area contributed by atoms with Gasteiger partial charge in [0, 0.05) is 6.04 Å². The SMILES string of the molecule is NC1CCCC(CC2OCCc3ccccc32)C1. The lowest BCUT2D eigenvalue weighted by atomic mass is 9.81. The van der Waals surface area contributed by atoms with Gasteiger partial charge in [-0.3, -0.25) is 0 Å². The van der Waals surface area contributed by atoms with Gasteiger partial charge in [0.25, 0.3) is 0 Å². The van der Waals surface area contributed by atoms with Crippen LogP contribution < -0.4 is 5.73 Å². The van der Waals surface area contributed by atoms with E-state index in [0.29, 0.717) is 12.1 Å². The number of rotatable bonds is 2. The molecule has 2 N–H and O–H groups in total.